The molecule has 120 valence electrons. The van der Waals surface area contributed by atoms with Crippen LogP contribution in [0.5, 0.6) is 0 Å². The second-order valence-corrected chi connectivity index (χ2v) is 6.28. The van der Waals surface area contributed by atoms with Crippen LogP contribution < -0.4 is 5.73 Å². The summed E-state index contributed by atoms with van der Waals surface area (Å²) in [6.45, 7) is 9.60. The van der Waals surface area contributed by atoms with E-state index in [0.717, 1.165) is 38.6 Å². The molecule has 0 aromatic carbocycles. The van der Waals surface area contributed by atoms with Crippen LogP contribution in [-0.4, -0.2) is 28.0 Å². The van der Waals surface area contributed by atoms with Gasteiger partial charge in [-0.15, -0.1) is 0 Å². The number of hydrogen-bond donors (Lipinski definition) is 1. The molecule has 3 atom stereocenters. The van der Waals surface area contributed by atoms with Crippen molar-refractivity contribution in [1.82, 2.24) is 9.78 Å². The van der Waals surface area contributed by atoms with Gasteiger partial charge in [0.25, 0.3) is 0 Å². The predicted molar refractivity (Wildman–Crippen MR) is 86.5 cm³/mol. The maximum atomic E-state index is 6.18. The van der Waals surface area contributed by atoms with E-state index < -0.39 is 0 Å². The Kier molecular flexibility index (Phi) is 5.82. The molecule has 21 heavy (non-hydrogen) atoms. The highest BCUT2D eigenvalue weighted by molar-refractivity contribution is 5.28. The van der Waals surface area contributed by atoms with E-state index in [-0.39, 0.29) is 6.04 Å². The molecule has 0 saturated carbocycles. The van der Waals surface area contributed by atoms with Gasteiger partial charge in [-0.2, -0.15) is 5.10 Å². The largest absolute Gasteiger partial charge is 0.373 e. The SMILES string of the molecule is CCc1nn(CC2CCC(C)O2)c(CC)c1CC(N)CC. The zero-order valence-corrected chi connectivity index (χ0v) is 14.1. The Morgan fingerprint density at radius 1 is 1.29 bits per heavy atom. The first-order valence-corrected chi connectivity index (χ1v) is 8.57. The Balaban J connectivity index is 2.20. The van der Waals surface area contributed by atoms with Crippen molar-refractivity contribution in [2.75, 3.05) is 0 Å². The van der Waals surface area contributed by atoms with Crippen molar-refractivity contribution in [3.63, 3.8) is 0 Å². The van der Waals surface area contributed by atoms with E-state index >= 15 is 0 Å². The van der Waals surface area contributed by atoms with Gasteiger partial charge in [0.05, 0.1) is 24.4 Å². The van der Waals surface area contributed by atoms with Crippen molar-refractivity contribution in [1.29, 1.82) is 0 Å². The maximum Gasteiger partial charge on any atom is 0.0775 e. The number of aryl methyl sites for hydroxylation is 1. The van der Waals surface area contributed by atoms with Crippen LogP contribution in [0.15, 0.2) is 0 Å². The van der Waals surface area contributed by atoms with Gasteiger partial charge in [-0.3, -0.25) is 4.68 Å². The van der Waals surface area contributed by atoms with Gasteiger partial charge in [0, 0.05) is 11.7 Å². The maximum absolute atomic E-state index is 6.18. The standard InChI is InChI=1S/C17H31N3O/c1-5-13(18)10-15-16(6-2)19-20(17(15)7-3)11-14-9-8-12(4)21-14/h12-14H,5-11,18H2,1-4H3. The molecule has 2 rings (SSSR count). The van der Waals surface area contributed by atoms with Gasteiger partial charge in [0.15, 0.2) is 0 Å². The predicted octanol–water partition coefficient (Wildman–Crippen LogP) is 2.86. The second kappa shape index (κ2) is 7.41. The number of hydrogen-bond acceptors (Lipinski definition) is 3. The van der Waals surface area contributed by atoms with Crippen LogP contribution >= 0.6 is 0 Å². The van der Waals surface area contributed by atoms with Gasteiger partial charge >= 0.3 is 0 Å². The molecule has 2 N–H and O–H groups in total. The summed E-state index contributed by atoms with van der Waals surface area (Å²) in [5.41, 5.74) is 10.2. The van der Waals surface area contributed by atoms with Crippen molar-refractivity contribution in [2.45, 2.75) is 91.0 Å². The highest BCUT2D eigenvalue weighted by atomic mass is 16.5. The minimum Gasteiger partial charge on any atom is -0.373 e. The van der Waals surface area contributed by atoms with Crippen LogP contribution in [0.2, 0.25) is 0 Å². The third-order valence-corrected chi connectivity index (χ3v) is 4.61. The van der Waals surface area contributed by atoms with E-state index in [1.807, 2.05) is 0 Å². The molecule has 4 nitrogen and oxygen atoms in total. The lowest BCUT2D eigenvalue weighted by atomic mass is 10.00. The molecule has 0 bridgehead atoms. The number of rotatable bonds is 7. The van der Waals surface area contributed by atoms with Crippen LogP contribution in [0.25, 0.3) is 0 Å². The van der Waals surface area contributed by atoms with E-state index in [9.17, 15) is 0 Å². The van der Waals surface area contributed by atoms with Crippen LogP contribution in [0.4, 0.5) is 0 Å². The van der Waals surface area contributed by atoms with Gasteiger partial charge in [0.2, 0.25) is 0 Å². The number of aromatic nitrogens is 2. The molecule has 0 spiro atoms. The van der Waals surface area contributed by atoms with E-state index in [1.165, 1.54) is 23.4 Å². The van der Waals surface area contributed by atoms with Crippen LogP contribution in [0, 0.1) is 0 Å². The third-order valence-electron chi connectivity index (χ3n) is 4.61. The molecule has 1 aliphatic rings. The number of nitrogens with zero attached hydrogens (tertiary/aromatic N) is 2. The minimum absolute atomic E-state index is 0.237. The van der Waals surface area contributed by atoms with E-state index in [0.29, 0.717) is 12.2 Å². The third kappa shape index (κ3) is 3.86. The molecule has 1 fully saturated rings. The van der Waals surface area contributed by atoms with Crippen molar-refractivity contribution >= 4 is 0 Å². The molecule has 3 unspecified atom stereocenters. The summed E-state index contributed by atoms with van der Waals surface area (Å²) in [5, 5.41) is 4.86. The number of ether oxygens (including phenoxy) is 1. The first-order chi connectivity index (χ1) is 10.1. The lowest BCUT2D eigenvalue weighted by Crippen LogP contribution is -2.23. The Hall–Kier alpha value is -0.870. The summed E-state index contributed by atoms with van der Waals surface area (Å²) in [4.78, 5) is 0. The van der Waals surface area contributed by atoms with Crippen LogP contribution in [-0.2, 0) is 30.5 Å². The van der Waals surface area contributed by atoms with Gasteiger partial charge < -0.3 is 10.5 Å². The van der Waals surface area contributed by atoms with Crippen LogP contribution in [0.1, 0.15) is 63.9 Å². The zero-order valence-electron chi connectivity index (χ0n) is 14.1. The average molecular weight is 293 g/mol. The van der Waals surface area contributed by atoms with E-state index in [1.54, 1.807) is 0 Å². The topological polar surface area (TPSA) is 53.1 Å². The van der Waals surface area contributed by atoms with Gasteiger partial charge in [-0.05, 0) is 51.0 Å². The molecule has 4 heteroatoms. The molecule has 1 aromatic heterocycles. The fourth-order valence-corrected chi connectivity index (χ4v) is 3.27. The molecular weight excluding hydrogens is 262 g/mol. The van der Waals surface area contributed by atoms with Crippen molar-refractivity contribution in [3.05, 3.63) is 17.0 Å². The molecule has 1 saturated heterocycles. The Bertz CT molecular complexity index is 455. The highest BCUT2D eigenvalue weighted by Gasteiger charge is 2.25. The lowest BCUT2D eigenvalue weighted by molar-refractivity contribution is 0.0431. The van der Waals surface area contributed by atoms with E-state index in [2.05, 4.69) is 32.4 Å². The van der Waals surface area contributed by atoms with Crippen molar-refractivity contribution in [2.24, 2.45) is 5.73 Å². The fourth-order valence-electron chi connectivity index (χ4n) is 3.27. The summed E-state index contributed by atoms with van der Waals surface area (Å²) in [7, 11) is 0. The summed E-state index contributed by atoms with van der Waals surface area (Å²) < 4.78 is 8.16. The van der Waals surface area contributed by atoms with Crippen molar-refractivity contribution < 1.29 is 4.74 Å². The van der Waals surface area contributed by atoms with Crippen molar-refractivity contribution in [3.8, 4) is 0 Å². The summed E-state index contributed by atoms with van der Waals surface area (Å²) in [6, 6.07) is 0.237. The molecule has 0 aliphatic carbocycles. The summed E-state index contributed by atoms with van der Waals surface area (Å²) in [5.74, 6) is 0. The monoisotopic (exact) mass is 293 g/mol. The average Bonchev–Trinajstić information content (AvgIpc) is 3.02. The Labute approximate surface area is 129 Å². The van der Waals surface area contributed by atoms with E-state index in [4.69, 9.17) is 15.6 Å². The molecule has 1 aliphatic heterocycles. The first-order valence-electron chi connectivity index (χ1n) is 8.57. The molecule has 2 heterocycles. The Morgan fingerprint density at radius 3 is 2.57 bits per heavy atom. The molecule has 0 amide bonds. The van der Waals surface area contributed by atoms with Gasteiger partial charge in [0.1, 0.15) is 0 Å². The smallest absolute Gasteiger partial charge is 0.0775 e. The normalized spacial score (nSPS) is 23.7. The Morgan fingerprint density at radius 2 is 2.05 bits per heavy atom. The second-order valence-electron chi connectivity index (χ2n) is 6.28. The zero-order chi connectivity index (χ0) is 15.4. The molecule has 0 radical (unpaired) electrons. The highest BCUT2D eigenvalue weighted by Crippen LogP contribution is 2.24. The summed E-state index contributed by atoms with van der Waals surface area (Å²) >= 11 is 0. The van der Waals surface area contributed by atoms with Gasteiger partial charge in [-0.25, -0.2) is 0 Å². The summed E-state index contributed by atoms with van der Waals surface area (Å²) in [6.07, 6.45) is 6.99. The van der Waals surface area contributed by atoms with Crippen LogP contribution in [0.3, 0.4) is 0 Å². The molecular formula is C17H31N3O. The molecule has 1 aromatic rings. The minimum atomic E-state index is 0.237. The number of nitrogens with two attached hydrogens (primary N) is 1. The first kappa shape index (κ1) is 16.5. The quantitative estimate of drug-likeness (QED) is 0.841. The lowest BCUT2D eigenvalue weighted by Gasteiger charge is -2.14. The fraction of sp³-hybridized carbons (Fsp3) is 0.824. The van der Waals surface area contributed by atoms with Gasteiger partial charge in [-0.1, -0.05) is 20.8 Å².